The minimum Gasteiger partial charge on any atom is -0.462 e. The van der Waals surface area contributed by atoms with E-state index in [2.05, 4.69) is 10.1 Å². The van der Waals surface area contributed by atoms with Crippen molar-refractivity contribution in [2.45, 2.75) is 18.9 Å². The van der Waals surface area contributed by atoms with Crippen molar-refractivity contribution in [1.29, 1.82) is 0 Å². The van der Waals surface area contributed by atoms with Crippen LogP contribution in [0.5, 0.6) is 0 Å². The van der Waals surface area contributed by atoms with Crippen molar-refractivity contribution in [2.75, 3.05) is 12.9 Å². The van der Waals surface area contributed by atoms with Crippen LogP contribution in [0.15, 0.2) is 17.3 Å². The summed E-state index contributed by atoms with van der Waals surface area (Å²) in [7, 11) is 0. The lowest BCUT2D eigenvalue weighted by Gasteiger charge is -2.01. The number of thioether (sulfide) groups is 1. The summed E-state index contributed by atoms with van der Waals surface area (Å²) < 4.78 is 6.63. The summed E-state index contributed by atoms with van der Waals surface area (Å²) in [6.45, 7) is 4.00. The van der Waals surface area contributed by atoms with Crippen LogP contribution >= 0.6 is 11.8 Å². The lowest BCUT2D eigenvalue weighted by molar-refractivity contribution is 0.0524. The summed E-state index contributed by atoms with van der Waals surface area (Å²) in [4.78, 5) is 16.2. The molecular formula is C11H13N3O2S. The van der Waals surface area contributed by atoms with Crippen LogP contribution in [0.2, 0.25) is 0 Å². The average Bonchev–Trinajstić information content (AvgIpc) is 2.66. The molecule has 0 unspecified atom stereocenters. The van der Waals surface area contributed by atoms with Crippen LogP contribution in [-0.2, 0) is 4.74 Å². The molecule has 90 valence electrons. The molecule has 0 fully saturated rings. The normalized spacial score (nSPS) is 10.8. The Bertz CT molecular complexity index is 565. The number of carbonyl (C=O) groups excluding carboxylic acids is 1. The van der Waals surface area contributed by atoms with Gasteiger partial charge in [-0.05, 0) is 26.2 Å². The fraction of sp³-hybridized carbons (Fsp3) is 0.364. The number of aromatic nitrogens is 3. The number of esters is 1. The maximum absolute atomic E-state index is 11.9. The zero-order valence-electron chi connectivity index (χ0n) is 9.93. The number of rotatable bonds is 3. The molecule has 2 aromatic heterocycles. The standard InChI is InChI=1S/C11H13N3O2S/c1-4-16-11(15)8-9-12-7(2)5-6-14(9)13-10(8)17-3/h5-6H,4H2,1-3H3. The predicted octanol–water partition coefficient (Wildman–Crippen LogP) is 1.94. The van der Waals surface area contributed by atoms with Gasteiger partial charge in [0.1, 0.15) is 10.6 Å². The fourth-order valence-corrected chi connectivity index (χ4v) is 2.07. The van der Waals surface area contributed by atoms with Crippen LogP contribution in [0.1, 0.15) is 23.0 Å². The van der Waals surface area contributed by atoms with Gasteiger partial charge >= 0.3 is 5.97 Å². The Balaban J connectivity index is 2.64. The largest absolute Gasteiger partial charge is 0.462 e. The van der Waals surface area contributed by atoms with E-state index >= 15 is 0 Å². The number of ether oxygens (including phenoxy) is 1. The molecule has 0 N–H and O–H groups in total. The summed E-state index contributed by atoms with van der Waals surface area (Å²) in [5.74, 6) is -0.370. The molecule has 0 atom stereocenters. The van der Waals surface area contributed by atoms with E-state index in [9.17, 15) is 4.79 Å². The maximum atomic E-state index is 11.9. The summed E-state index contributed by atoms with van der Waals surface area (Å²) in [5, 5.41) is 4.93. The van der Waals surface area contributed by atoms with Gasteiger partial charge in [-0.2, -0.15) is 5.10 Å². The van der Waals surface area contributed by atoms with Crippen LogP contribution in [0, 0.1) is 6.92 Å². The smallest absolute Gasteiger partial charge is 0.344 e. The second kappa shape index (κ2) is 4.75. The van der Waals surface area contributed by atoms with E-state index in [1.54, 1.807) is 17.6 Å². The van der Waals surface area contributed by atoms with Gasteiger partial charge in [0.05, 0.1) is 6.61 Å². The second-order valence-corrected chi connectivity index (χ2v) is 4.24. The highest BCUT2D eigenvalue weighted by atomic mass is 32.2. The molecule has 2 rings (SSSR count). The van der Waals surface area contributed by atoms with E-state index in [0.29, 0.717) is 22.8 Å². The van der Waals surface area contributed by atoms with Gasteiger partial charge in [-0.1, -0.05) is 0 Å². The molecule has 0 aromatic carbocycles. The molecule has 0 aliphatic heterocycles. The number of nitrogens with zero attached hydrogens (tertiary/aromatic N) is 3. The summed E-state index contributed by atoms with van der Waals surface area (Å²) >= 11 is 1.41. The topological polar surface area (TPSA) is 56.5 Å². The molecular weight excluding hydrogens is 238 g/mol. The highest BCUT2D eigenvalue weighted by molar-refractivity contribution is 7.98. The minimum atomic E-state index is -0.370. The lowest BCUT2D eigenvalue weighted by Crippen LogP contribution is -2.06. The summed E-state index contributed by atoms with van der Waals surface area (Å²) in [6, 6.07) is 1.85. The second-order valence-electron chi connectivity index (χ2n) is 3.44. The van der Waals surface area contributed by atoms with Crippen LogP contribution in [0.4, 0.5) is 0 Å². The van der Waals surface area contributed by atoms with Gasteiger partial charge < -0.3 is 4.74 Å². The van der Waals surface area contributed by atoms with Crippen molar-refractivity contribution in [3.8, 4) is 0 Å². The van der Waals surface area contributed by atoms with E-state index < -0.39 is 0 Å². The molecule has 0 spiro atoms. The zero-order valence-corrected chi connectivity index (χ0v) is 10.7. The molecule has 0 amide bonds. The third kappa shape index (κ3) is 2.12. The molecule has 6 heteroatoms. The Morgan fingerprint density at radius 1 is 1.59 bits per heavy atom. The molecule has 2 aromatic rings. The van der Waals surface area contributed by atoms with Crippen LogP contribution in [0.3, 0.4) is 0 Å². The van der Waals surface area contributed by atoms with Gasteiger partial charge in [0, 0.05) is 11.9 Å². The fourth-order valence-electron chi connectivity index (χ4n) is 1.52. The van der Waals surface area contributed by atoms with E-state index in [0.717, 1.165) is 5.69 Å². The Hall–Kier alpha value is -1.56. The van der Waals surface area contributed by atoms with Crippen molar-refractivity contribution in [1.82, 2.24) is 14.6 Å². The first-order valence-corrected chi connectivity index (χ1v) is 6.47. The van der Waals surface area contributed by atoms with Gasteiger partial charge in [-0.3, -0.25) is 0 Å². The van der Waals surface area contributed by atoms with Gasteiger partial charge in [-0.25, -0.2) is 14.3 Å². The van der Waals surface area contributed by atoms with E-state index in [-0.39, 0.29) is 5.97 Å². The average molecular weight is 251 g/mol. The quantitative estimate of drug-likeness (QED) is 0.616. The maximum Gasteiger partial charge on any atom is 0.344 e. The van der Waals surface area contributed by atoms with E-state index in [1.165, 1.54) is 11.8 Å². The van der Waals surface area contributed by atoms with Crippen molar-refractivity contribution in [3.63, 3.8) is 0 Å². The number of fused-ring (bicyclic) bond motifs is 1. The van der Waals surface area contributed by atoms with E-state index in [1.807, 2.05) is 19.2 Å². The third-order valence-electron chi connectivity index (χ3n) is 2.27. The highest BCUT2D eigenvalue weighted by Gasteiger charge is 2.21. The number of carbonyl (C=O) groups is 1. The SMILES string of the molecule is CCOC(=O)c1c(SC)nn2ccc(C)nc12. The molecule has 0 saturated heterocycles. The summed E-state index contributed by atoms with van der Waals surface area (Å²) in [5.41, 5.74) is 1.84. The Kier molecular flexibility index (Phi) is 3.33. The molecule has 0 saturated carbocycles. The minimum absolute atomic E-state index is 0.343. The molecule has 2 heterocycles. The third-order valence-corrected chi connectivity index (χ3v) is 2.94. The van der Waals surface area contributed by atoms with Gasteiger partial charge in [0.15, 0.2) is 5.65 Å². The van der Waals surface area contributed by atoms with Gasteiger partial charge in [0.2, 0.25) is 0 Å². The molecule has 17 heavy (non-hydrogen) atoms. The number of hydrogen-bond acceptors (Lipinski definition) is 5. The molecule has 0 aliphatic carbocycles. The van der Waals surface area contributed by atoms with Crippen LogP contribution in [0.25, 0.3) is 5.65 Å². The Morgan fingerprint density at radius 3 is 3.00 bits per heavy atom. The first kappa shape index (κ1) is 11.9. The van der Waals surface area contributed by atoms with Crippen LogP contribution < -0.4 is 0 Å². The van der Waals surface area contributed by atoms with Crippen molar-refractivity contribution >= 4 is 23.4 Å². The lowest BCUT2D eigenvalue weighted by atomic mass is 10.3. The monoisotopic (exact) mass is 251 g/mol. The predicted molar refractivity (Wildman–Crippen MR) is 65.5 cm³/mol. The Morgan fingerprint density at radius 2 is 2.35 bits per heavy atom. The Labute approximate surface area is 103 Å². The number of aryl methyl sites for hydroxylation is 1. The number of hydrogen-bond donors (Lipinski definition) is 0. The van der Waals surface area contributed by atoms with E-state index in [4.69, 9.17) is 4.74 Å². The van der Waals surface area contributed by atoms with Crippen LogP contribution in [-0.4, -0.2) is 33.4 Å². The summed E-state index contributed by atoms with van der Waals surface area (Å²) in [6.07, 6.45) is 3.66. The highest BCUT2D eigenvalue weighted by Crippen LogP contribution is 2.23. The van der Waals surface area contributed by atoms with Gasteiger partial charge in [-0.15, -0.1) is 11.8 Å². The first-order chi connectivity index (χ1) is 8.17. The van der Waals surface area contributed by atoms with Crippen molar-refractivity contribution in [3.05, 3.63) is 23.5 Å². The van der Waals surface area contributed by atoms with Gasteiger partial charge in [0.25, 0.3) is 0 Å². The molecule has 0 aliphatic rings. The molecule has 0 bridgehead atoms. The molecule has 5 nitrogen and oxygen atoms in total. The van der Waals surface area contributed by atoms with Crippen molar-refractivity contribution < 1.29 is 9.53 Å². The molecule has 0 radical (unpaired) electrons. The first-order valence-electron chi connectivity index (χ1n) is 5.24. The zero-order chi connectivity index (χ0) is 12.4. The van der Waals surface area contributed by atoms with Crippen molar-refractivity contribution in [2.24, 2.45) is 0 Å².